The van der Waals surface area contributed by atoms with Crippen molar-refractivity contribution in [1.29, 1.82) is 0 Å². The van der Waals surface area contributed by atoms with Gasteiger partial charge in [0.1, 0.15) is 0 Å². The average molecular weight is 204 g/mol. The van der Waals surface area contributed by atoms with Crippen LogP contribution in [0.4, 0.5) is 0 Å². The maximum absolute atomic E-state index is 8.86. The van der Waals surface area contributed by atoms with Gasteiger partial charge in [0.2, 0.25) is 0 Å². The first kappa shape index (κ1) is 11.3. The SMILES string of the molecule is CSCN1CCC(N)(CCO)CC1. The molecule has 0 aliphatic carbocycles. The fourth-order valence-electron chi connectivity index (χ4n) is 1.78. The molecule has 78 valence electrons. The van der Waals surface area contributed by atoms with Gasteiger partial charge in [0, 0.05) is 31.1 Å². The van der Waals surface area contributed by atoms with Crippen molar-refractivity contribution in [2.75, 3.05) is 31.8 Å². The molecular weight excluding hydrogens is 184 g/mol. The van der Waals surface area contributed by atoms with Crippen LogP contribution in [-0.2, 0) is 0 Å². The summed E-state index contributed by atoms with van der Waals surface area (Å²) in [7, 11) is 0. The monoisotopic (exact) mass is 204 g/mol. The molecule has 0 bridgehead atoms. The zero-order valence-electron chi connectivity index (χ0n) is 8.33. The van der Waals surface area contributed by atoms with Crippen LogP contribution in [0.3, 0.4) is 0 Å². The van der Waals surface area contributed by atoms with Crippen LogP contribution in [-0.4, -0.2) is 47.4 Å². The molecule has 0 radical (unpaired) electrons. The molecule has 13 heavy (non-hydrogen) atoms. The van der Waals surface area contributed by atoms with Gasteiger partial charge in [-0.05, 0) is 25.5 Å². The molecule has 1 aliphatic heterocycles. The third-order valence-corrected chi connectivity index (χ3v) is 3.40. The maximum Gasteiger partial charge on any atom is 0.0448 e. The van der Waals surface area contributed by atoms with Crippen LogP contribution in [0.25, 0.3) is 0 Å². The third kappa shape index (κ3) is 3.46. The Kier molecular flexibility index (Phi) is 4.52. The fraction of sp³-hybridized carbons (Fsp3) is 1.00. The summed E-state index contributed by atoms with van der Waals surface area (Å²) in [6, 6.07) is 0. The van der Waals surface area contributed by atoms with E-state index in [-0.39, 0.29) is 12.1 Å². The number of likely N-dealkylation sites (tertiary alicyclic amines) is 1. The number of piperidine rings is 1. The molecule has 0 aromatic heterocycles. The number of rotatable bonds is 4. The number of aliphatic hydroxyl groups excluding tert-OH is 1. The average Bonchev–Trinajstić information content (AvgIpc) is 2.10. The van der Waals surface area contributed by atoms with Crippen LogP contribution in [0.15, 0.2) is 0 Å². The summed E-state index contributed by atoms with van der Waals surface area (Å²) in [5.41, 5.74) is 6.04. The van der Waals surface area contributed by atoms with Crippen LogP contribution >= 0.6 is 11.8 Å². The largest absolute Gasteiger partial charge is 0.396 e. The van der Waals surface area contributed by atoms with Crippen molar-refractivity contribution < 1.29 is 5.11 Å². The van der Waals surface area contributed by atoms with E-state index in [2.05, 4.69) is 11.2 Å². The van der Waals surface area contributed by atoms with E-state index in [1.54, 1.807) is 0 Å². The van der Waals surface area contributed by atoms with Crippen molar-refractivity contribution in [2.45, 2.75) is 24.8 Å². The predicted molar refractivity (Wildman–Crippen MR) is 57.8 cm³/mol. The molecule has 1 heterocycles. The van der Waals surface area contributed by atoms with Gasteiger partial charge in [-0.2, -0.15) is 0 Å². The molecule has 1 aliphatic rings. The van der Waals surface area contributed by atoms with Crippen molar-refractivity contribution in [2.24, 2.45) is 5.73 Å². The predicted octanol–water partition coefficient (Wildman–Crippen LogP) is 0.483. The Hall–Kier alpha value is 0.230. The van der Waals surface area contributed by atoms with Crippen molar-refractivity contribution >= 4 is 11.8 Å². The van der Waals surface area contributed by atoms with Crippen LogP contribution < -0.4 is 5.73 Å². The Balaban J connectivity index is 2.28. The van der Waals surface area contributed by atoms with E-state index in [1.807, 2.05) is 11.8 Å². The van der Waals surface area contributed by atoms with Crippen molar-refractivity contribution in [1.82, 2.24) is 4.90 Å². The fourth-order valence-corrected chi connectivity index (χ4v) is 2.41. The minimum atomic E-state index is -0.0936. The van der Waals surface area contributed by atoms with Gasteiger partial charge in [0.05, 0.1) is 0 Å². The smallest absolute Gasteiger partial charge is 0.0448 e. The highest BCUT2D eigenvalue weighted by molar-refractivity contribution is 7.98. The van der Waals surface area contributed by atoms with Gasteiger partial charge >= 0.3 is 0 Å². The molecule has 3 N–H and O–H groups in total. The lowest BCUT2D eigenvalue weighted by Crippen LogP contribution is -2.50. The van der Waals surface area contributed by atoms with E-state index < -0.39 is 0 Å². The number of hydrogen-bond acceptors (Lipinski definition) is 4. The van der Waals surface area contributed by atoms with Gasteiger partial charge in [0.25, 0.3) is 0 Å². The second-order valence-corrected chi connectivity index (χ2v) is 4.71. The lowest BCUT2D eigenvalue weighted by molar-refractivity contribution is 0.149. The summed E-state index contributed by atoms with van der Waals surface area (Å²) in [6.45, 7) is 2.38. The molecule has 1 rings (SSSR count). The second-order valence-electron chi connectivity index (χ2n) is 3.87. The lowest BCUT2D eigenvalue weighted by atomic mass is 9.86. The second kappa shape index (κ2) is 5.20. The molecule has 4 heteroatoms. The van der Waals surface area contributed by atoms with Gasteiger partial charge in [-0.25, -0.2) is 0 Å². The van der Waals surface area contributed by atoms with Gasteiger partial charge in [-0.15, -0.1) is 11.8 Å². The summed E-state index contributed by atoms with van der Waals surface area (Å²) < 4.78 is 0. The zero-order valence-corrected chi connectivity index (χ0v) is 9.15. The van der Waals surface area contributed by atoms with Crippen molar-refractivity contribution in [3.8, 4) is 0 Å². The van der Waals surface area contributed by atoms with Gasteiger partial charge in [-0.1, -0.05) is 0 Å². The van der Waals surface area contributed by atoms with Gasteiger partial charge in [-0.3, -0.25) is 4.90 Å². The quantitative estimate of drug-likeness (QED) is 0.699. The lowest BCUT2D eigenvalue weighted by Gasteiger charge is -2.38. The molecule has 3 nitrogen and oxygen atoms in total. The number of nitrogens with two attached hydrogens (primary N) is 1. The summed E-state index contributed by atoms with van der Waals surface area (Å²) in [5.74, 6) is 1.11. The maximum atomic E-state index is 8.86. The first-order valence-electron chi connectivity index (χ1n) is 4.81. The van der Waals surface area contributed by atoms with E-state index in [0.717, 1.165) is 38.2 Å². The summed E-state index contributed by atoms with van der Waals surface area (Å²) in [4.78, 5) is 2.42. The highest BCUT2D eigenvalue weighted by atomic mass is 32.2. The van der Waals surface area contributed by atoms with Crippen LogP contribution in [0, 0.1) is 0 Å². The summed E-state index contributed by atoms with van der Waals surface area (Å²) in [6.07, 6.45) is 4.92. The minimum absolute atomic E-state index is 0.0936. The molecule has 0 spiro atoms. The molecule has 1 saturated heterocycles. The summed E-state index contributed by atoms with van der Waals surface area (Å²) >= 11 is 1.86. The molecule has 0 saturated carbocycles. The highest BCUT2D eigenvalue weighted by Crippen LogP contribution is 2.23. The van der Waals surface area contributed by atoms with Crippen molar-refractivity contribution in [3.05, 3.63) is 0 Å². The van der Waals surface area contributed by atoms with Crippen LogP contribution in [0.5, 0.6) is 0 Å². The molecule has 0 unspecified atom stereocenters. The third-order valence-electron chi connectivity index (χ3n) is 2.77. The minimum Gasteiger partial charge on any atom is -0.396 e. The van der Waals surface area contributed by atoms with Crippen molar-refractivity contribution in [3.63, 3.8) is 0 Å². The van der Waals surface area contributed by atoms with Gasteiger partial charge in [0.15, 0.2) is 0 Å². The van der Waals surface area contributed by atoms with Crippen LogP contribution in [0.2, 0.25) is 0 Å². The van der Waals surface area contributed by atoms with E-state index in [1.165, 1.54) is 0 Å². The normalized spacial score (nSPS) is 23.3. The molecular formula is C9H20N2OS. The Morgan fingerprint density at radius 3 is 2.54 bits per heavy atom. The number of thioether (sulfide) groups is 1. The van der Waals surface area contributed by atoms with Gasteiger partial charge < -0.3 is 10.8 Å². The Morgan fingerprint density at radius 2 is 2.08 bits per heavy atom. The van der Waals surface area contributed by atoms with E-state index in [0.29, 0.717) is 0 Å². The Morgan fingerprint density at radius 1 is 1.46 bits per heavy atom. The molecule has 1 fully saturated rings. The zero-order chi connectivity index (χ0) is 9.73. The Bertz CT molecular complexity index is 147. The highest BCUT2D eigenvalue weighted by Gasteiger charge is 2.29. The molecule has 0 aromatic rings. The van der Waals surface area contributed by atoms with Crippen LogP contribution in [0.1, 0.15) is 19.3 Å². The standard InChI is InChI=1S/C9H20N2OS/c1-13-8-11-5-2-9(10,3-6-11)4-7-12/h12H,2-8,10H2,1H3. The van der Waals surface area contributed by atoms with E-state index >= 15 is 0 Å². The number of nitrogens with zero attached hydrogens (tertiary/aromatic N) is 1. The topological polar surface area (TPSA) is 49.5 Å². The number of aliphatic hydroxyl groups is 1. The van der Waals surface area contributed by atoms with E-state index in [9.17, 15) is 0 Å². The Labute approximate surface area is 84.7 Å². The van der Waals surface area contributed by atoms with E-state index in [4.69, 9.17) is 10.8 Å². The molecule has 0 aromatic carbocycles. The molecule has 0 atom stereocenters. The molecule has 0 amide bonds. The first-order chi connectivity index (χ1) is 6.20. The first-order valence-corrected chi connectivity index (χ1v) is 6.21. The summed E-state index contributed by atoms with van der Waals surface area (Å²) in [5, 5.41) is 8.86. The number of hydrogen-bond donors (Lipinski definition) is 2.